The number of carbonyl (C=O) groups excluding carboxylic acids is 3. The Morgan fingerprint density at radius 1 is 1.14 bits per heavy atom. The SMILES string of the molecule is CCNC(=O)[C@@H](C)NC(=O)COC(=O)CN1c2cccc3cccc(c23)S1(=O)=O. The highest BCUT2D eigenvalue weighted by Crippen LogP contribution is 2.41. The second kappa shape index (κ2) is 8.08. The minimum absolute atomic E-state index is 0.131. The molecule has 2 aromatic carbocycles. The number of ether oxygens (including phenoxy) is 1. The molecule has 0 saturated heterocycles. The quantitative estimate of drug-likeness (QED) is 0.632. The lowest BCUT2D eigenvalue weighted by Crippen LogP contribution is -2.46. The predicted molar refractivity (Wildman–Crippen MR) is 106 cm³/mol. The van der Waals surface area contributed by atoms with E-state index in [1.165, 1.54) is 13.0 Å². The second-order valence-electron chi connectivity index (χ2n) is 6.49. The van der Waals surface area contributed by atoms with Crippen LogP contribution in [0.2, 0.25) is 0 Å². The van der Waals surface area contributed by atoms with E-state index in [9.17, 15) is 22.8 Å². The van der Waals surface area contributed by atoms with Gasteiger partial charge in [0, 0.05) is 11.9 Å². The van der Waals surface area contributed by atoms with Crippen LogP contribution in [0, 0.1) is 0 Å². The lowest BCUT2D eigenvalue weighted by Gasteiger charge is -2.18. The standard InChI is InChI=1S/C19H21N3O6S/c1-3-20-19(25)12(2)21-16(23)11-28-17(24)10-22-14-8-4-6-13-7-5-9-15(18(13)14)29(22,26)27/h4-9,12H,3,10-11H2,1-2H3,(H,20,25)(H,21,23)/t12-/m1/s1. The number of anilines is 1. The van der Waals surface area contributed by atoms with Gasteiger partial charge < -0.3 is 15.4 Å². The van der Waals surface area contributed by atoms with Crippen LogP contribution in [0.5, 0.6) is 0 Å². The van der Waals surface area contributed by atoms with Gasteiger partial charge in [-0.1, -0.05) is 24.3 Å². The molecule has 0 aromatic heterocycles. The molecule has 10 heteroatoms. The van der Waals surface area contributed by atoms with Gasteiger partial charge in [0.25, 0.3) is 15.9 Å². The molecule has 0 radical (unpaired) electrons. The number of esters is 1. The summed E-state index contributed by atoms with van der Waals surface area (Å²) >= 11 is 0. The monoisotopic (exact) mass is 419 g/mol. The van der Waals surface area contributed by atoms with Gasteiger partial charge in [-0.25, -0.2) is 8.42 Å². The van der Waals surface area contributed by atoms with E-state index < -0.39 is 41.1 Å². The molecule has 2 aromatic rings. The highest BCUT2D eigenvalue weighted by molar-refractivity contribution is 7.93. The largest absolute Gasteiger partial charge is 0.454 e. The van der Waals surface area contributed by atoms with Crippen LogP contribution in [-0.4, -0.2) is 51.9 Å². The van der Waals surface area contributed by atoms with Crippen molar-refractivity contribution in [2.75, 3.05) is 24.0 Å². The maximum atomic E-state index is 12.8. The molecule has 0 aliphatic carbocycles. The Morgan fingerprint density at radius 2 is 1.83 bits per heavy atom. The van der Waals surface area contributed by atoms with Crippen LogP contribution in [0.3, 0.4) is 0 Å². The first kappa shape index (κ1) is 20.6. The number of benzene rings is 2. The van der Waals surface area contributed by atoms with E-state index >= 15 is 0 Å². The fourth-order valence-electron chi connectivity index (χ4n) is 3.11. The number of carbonyl (C=O) groups is 3. The molecule has 29 heavy (non-hydrogen) atoms. The zero-order valence-corrected chi connectivity index (χ0v) is 16.8. The number of likely N-dealkylation sites (N-methyl/N-ethyl adjacent to an activating group) is 1. The first-order chi connectivity index (χ1) is 13.8. The molecule has 2 N–H and O–H groups in total. The molecular weight excluding hydrogens is 398 g/mol. The van der Waals surface area contributed by atoms with Crippen LogP contribution in [0.4, 0.5) is 5.69 Å². The van der Waals surface area contributed by atoms with Gasteiger partial charge in [0.05, 0.1) is 10.6 Å². The van der Waals surface area contributed by atoms with Gasteiger partial charge in [-0.15, -0.1) is 0 Å². The van der Waals surface area contributed by atoms with Crippen LogP contribution in [-0.2, 0) is 29.1 Å². The summed E-state index contributed by atoms with van der Waals surface area (Å²) in [7, 11) is -3.89. The summed E-state index contributed by atoms with van der Waals surface area (Å²) in [6.45, 7) is 2.50. The van der Waals surface area contributed by atoms with E-state index in [2.05, 4.69) is 10.6 Å². The molecule has 1 aliphatic heterocycles. The maximum Gasteiger partial charge on any atom is 0.327 e. The van der Waals surface area contributed by atoms with Gasteiger partial charge in [-0.3, -0.25) is 18.7 Å². The highest BCUT2D eigenvalue weighted by Gasteiger charge is 2.37. The second-order valence-corrected chi connectivity index (χ2v) is 8.32. The number of rotatable bonds is 7. The van der Waals surface area contributed by atoms with E-state index in [1.54, 1.807) is 37.3 Å². The number of hydrogen-bond acceptors (Lipinski definition) is 6. The van der Waals surface area contributed by atoms with Crippen molar-refractivity contribution in [1.82, 2.24) is 10.6 Å². The topological polar surface area (TPSA) is 122 Å². The molecule has 0 spiro atoms. The minimum atomic E-state index is -3.89. The molecule has 0 fully saturated rings. The Kier molecular flexibility index (Phi) is 5.73. The molecule has 2 amide bonds. The minimum Gasteiger partial charge on any atom is -0.454 e. The Balaban J connectivity index is 1.64. The van der Waals surface area contributed by atoms with E-state index in [0.29, 0.717) is 17.6 Å². The molecule has 1 aliphatic rings. The Bertz CT molecular complexity index is 1080. The zero-order valence-electron chi connectivity index (χ0n) is 16.0. The molecule has 1 heterocycles. The molecule has 154 valence electrons. The van der Waals surface area contributed by atoms with Gasteiger partial charge in [-0.2, -0.15) is 0 Å². The third-order valence-electron chi connectivity index (χ3n) is 4.44. The molecule has 0 bridgehead atoms. The third-order valence-corrected chi connectivity index (χ3v) is 6.24. The van der Waals surface area contributed by atoms with Crippen molar-refractivity contribution in [1.29, 1.82) is 0 Å². The summed E-state index contributed by atoms with van der Waals surface area (Å²) in [5.41, 5.74) is 0.393. The van der Waals surface area contributed by atoms with E-state index in [-0.39, 0.29) is 10.8 Å². The molecule has 3 rings (SSSR count). The number of hydrogen-bond donors (Lipinski definition) is 2. The van der Waals surface area contributed by atoms with Gasteiger partial charge in [0.15, 0.2) is 6.61 Å². The van der Waals surface area contributed by atoms with Crippen molar-refractivity contribution in [3.05, 3.63) is 36.4 Å². The maximum absolute atomic E-state index is 12.8. The molecule has 1 atom stereocenters. The summed E-state index contributed by atoms with van der Waals surface area (Å²) in [4.78, 5) is 35.8. The number of amides is 2. The number of nitrogens with one attached hydrogen (secondary N) is 2. The van der Waals surface area contributed by atoms with Crippen LogP contribution in [0.1, 0.15) is 13.8 Å². The number of sulfonamides is 1. The van der Waals surface area contributed by atoms with Crippen molar-refractivity contribution in [3.63, 3.8) is 0 Å². The van der Waals surface area contributed by atoms with E-state index in [4.69, 9.17) is 4.74 Å². The van der Waals surface area contributed by atoms with Crippen LogP contribution < -0.4 is 14.9 Å². The van der Waals surface area contributed by atoms with E-state index in [0.717, 1.165) is 9.69 Å². The first-order valence-electron chi connectivity index (χ1n) is 9.03. The molecular formula is C19H21N3O6S. The average Bonchev–Trinajstić information content (AvgIpc) is 2.90. The fraction of sp³-hybridized carbons (Fsp3) is 0.316. The zero-order chi connectivity index (χ0) is 21.2. The average molecular weight is 419 g/mol. The van der Waals surface area contributed by atoms with E-state index in [1.807, 2.05) is 0 Å². The van der Waals surface area contributed by atoms with Crippen LogP contribution >= 0.6 is 0 Å². The first-order valence-corrected chi connectivity index (χ1v) is 10.5. The lowest BCUT2D eigenvalue weighted by atomic mass is 10.1. The highest BCUT2D eigenvalue weighted by atomic mass is 32.2. The fourth-order valence-corrected chi connectivity index (χ4v) is 4.77. The number of nitrogens with zero attached hydrogens (tertiary/aromatic N) is 1. The lowest BCUT2D eigenvalue weighted by molar-refractivity contribution is -0.147. The van der Waals surface area contributed by atoms with Gasteiger partial charge >= 0.3 is 5.97 Å². The van der Waals surface area contributed by atoms with Crippen molar-refractivity contribution in [3.8, 4) is 0 Å². The summed E-state index contributed by atoms with van der Waals surface area (Å²) in [5.74, 6) is -1.90. The van der Waals surface area contributed by atoms with Crippen molar-refractivity contribution >= 4 is 44.3 Å². The van der Waals surface area contributed by atoms with Gasteiger partial charge in [-0.05, 0) is 31.4 Å². The van der Waals surface area contributed by atoms with Crippen molar-refractivity contribution in [2.45, 2.75) is 24.8 Å². The molecule has 9 nitrogen and oxygen atoms in total. The van der Waals surface area contributed by atoms with Crippen molar-refractivity contribution in [2.24, 2.45) is 0 Å². The summed E-state index contributed by atoms with van der Waals surface area (Å²) < 4.78 is 31.5. The van der Waals surface area contributed by atoms with Crippen molar-refractivity contribution < 1.29 is 27.5 Å². The Labute approximate surface area is 168 Å². The summed E-state index contributed by atoms with van der Waals surface area (Å²) in [5, 5.41) is 6.26. The summed E-state index contributed by atoms with van der Waals surface area (Å²) in [6, 6.07) is 9.25. The normalized spacial score (nSPS) is 15.0. The van der Waals surface area contributed by atoms with Gasteiger partial charge in [0.1, 0.15) is 12.6 Å². The van der Waals surface area contributed by atoms with Gasteiger partial charge in [0.2, 0.25) is 5.91 Å². The predicted octanol–water partition coefficient (Wildman–Crippen LogP) is 0.533. The Hall–Kier alpha value is -3.14. The molecule has 0 saturated carbocycles. The van der Waals surface area contributed by atoms with Crippen LogP contribution in [0.15, 0.2) is 41.3 Å². The summed E-state index contributed by atoms with van der Waals surface area (Å²) in [6.07, 6.45) is 0. The smallest absolute Gasteiger partial charge is 0.327 e. The Morgan fingerprint density at radius 3 is 2.52 bits per heavy atom. The molecule has 0 unspecified atom stereocenters. The third kappa shape index (κ3) is 4.02. The van der Waals surface area contributed by atoms with Crippen LogP contribution in [0.25, 0.3) is 10.8 Å².